The first kappa shape index (κ1) is 15.3. The second kappa shape index (κ2) is 6.03. The zero-order chi connectivity index (χ0) is 16.7. The van der Waals surface area contributed by atoms with E-state index in [-0.39, 0.29) is 18.4 Å². The number of hydrogen-bond donors (Lipinski definition) is 1. The predicted octanol–water partition coefficient (Wildman–Crippen LogP) is 1.56. The minimum absolute atomic E-state index is 0.0228. The standard InChI is InChI=1S/C16H16BrN5O2/c17-16-19-14(12-3-1-2-5-22(12)16)15(24)21-8-11(10-23)7-20-6-4-18-13(20)9-21/h1-6,11,23H,7-10H2. The molecule has 8 heteroatoms. The molecule has 0 aliphatic carbocycles. The van der Waals surface area contributed by atoms with Crippen molar-refractivity contribution in [2.24, 2.45) is 5.92 Å². The minimum Gasteiger partial charge on any atom is -0.396 e. The van der Waals surface area contributed by atoms with Gasteiger partial charge in [-0.3, -0.25) is 9.20 Å². The molecule has 1 unspecified atom stereocenters. The van der Waals surface area contributed by atoms with Gasteiger partial charge in [0.25, 0.3) is 5.91 Å². The van der Waals surface area contributed by atoms with Gasteiger partial charge in [-0.1, -0.05) is 6.07 Å². The molecule has 124 valence electrons. The summed E-state index contributed by atoms with van der Waals surface area (Å²) in [5, 5.41) is 9.63. The molecule has 0 saturated heterocycles. The topological polar surface area (TPSA) is 75.7 Å². The fourth-order valence-electron chi connectivity index (χ4n) is 3.12. The number of aliphatic hydroxyl groups is 1. The normalized spacial score (nSPS) is 17.8. The fraction of sp³-hybridized carbons (Fsp3) is 0.312. The number of halogens is 1. The van der Waals surface area contributed by atoms with E-state index >= 15 is 0 Å². The number of rotatable bonds is 2. The van der Waals surface area contributed by atoms with Crippen molar-refractivity contribution in [1.29, 1.82) is 0 Å². The quantitative estimate of drug-likeness (QED) is 0.721. The lowest BCUT2D eigenvalue weighted by atomic mass is 10.1. The van der Waals surface area contributed by atoms with Gasteiger partial charge in [-0.15, -0.1) is 0 Å². The molecular weight excluding hydrogens is 374 g/mol. The Balaban J connectivity index is 1.73. The van der Waals surface area contributed by atoms with Crippen LogP contribution in [-0.2, 0) is 13.1 Å². The van der Waals surface area contributed by atoms with Crippen molar-refractivity contribution < 1.29 is 9.90 Å². The Labute approximate surface area is 146 Å². The summed E-state index contributed by atoms with van der Waals surface area (Å²) < 4.78 is 4.42. The van der Waals surface area contributed by atoms with Crippen molar-refractivity contribution >= 4 is 27.4 Å². The van der Waals surface area contributed by atoms with Crippen LogP contribution in [0.3, 0.4) is 0 Å². The van der Waals surface area contributed by atoms with Crippen LogP contribution in [0.15, 0.2) is 41.5 Å². The van der Waals surface area contributed by atoms with Crippen molar-refractivity contribution in [3.63, 3.8) is 0 Å². The molecule has 7 nitrogen and oxygen atoms in total. The van der Waals surface area contributed by atoms with Gasteiger partial charge in [-0.2, -0.15) is 0 Å². The van der Waals surface area contributed by atoms with Crippen molar-refractivity contribution in [1.82, 2.24) is 23.8 Å². The van der Waals surface area contributed by atoms with Gasteiger partial charge in [0.1, 0.15) is 5.82 Å². The zero-order valence-electron chi connectivity index (χ0n) is 12.8. The molecule has 1 atom stereocenters. The molecule has 1 aliphatic heterocycles. The van der Waals surface area contributed by atoms with Crippen LogP contribution in [0.1, 0.15) is 16.3 Å². The van der Waals surface area contributed by atoms with E-state index in [0.29, 0.717) is 30.1 Å². The van der Waals surface area contributed by atoms with Crippen LogP contribution in [0.5, 0.6) is 0 Å². The van der Waals surface area contributed by atoms with Gasteiger partial charge in [0, 0.05) is 44.2 Å². The number of nitrogens with zero attached hydrogens (tertiary/aromatic N) is 5. The number of pyridine rings is 1. The van der Waals surface area contributed by atoms with Gasteiger partial charge in [0.05, 0.1) is 12.1 Å². The summed E-state index contributed by atoms with van der Waals surface area (Å²) in [5.74, 6) is 0.642. The highest BCUT2D eigenvalue weighted by molar-refractivity contribution is 9.10. The van der Waals surface area contributed by atoms with E-state index in [2.05, 4.69) is 25.9 Å². The van der Waals surface area contributed by atoms with Crippen LogP contribution in [0.2, 0.25) is 0 Å². The SMILES string of the molecule is O=C(c1nc(Br)n2ccccc12)N1Cc2nccn2CC(CO)C1. The first-order valence-corrected chi connectivity index (χ1v) is 8.49. The largest absolute Gasteiger partial charge is 0.396 e. The number of imidazole rings is 2. The Morgan fingerprint density at radius 3 is 3.04 bits per heavy atom. The molecule has 0 aromatic carbocycles. The molecular formula is C16H16BrN5O2. The van der Waals surface area contributed by atoms with Crippen LogP contribution in [0.4, 0.5) is 0 Å². The summed E-state index contributed by atoms with van der Waals surface area (Å²) in [6, 6.07) is 5.64. The van der Waals surface area contributed by atoms with E-state index in [0.717, 1.165) is 11.3 Å². The van der Waals surface area contributed by atoms with E-state index in [1.54, 1.807) is 11.1 Å². The van der Waals surface area contributed by atoms with Crippen molar-refractivity contribution in [2.45, 2.75) is 13.1 Å². The van der Waals surface area contributed by atoms with Crippen molar-refractivity contribution in [2.75, 3.05) is 13.2 Å². The number of hydrogen-bond acceptors (Lipinski definition) is 4. The van der Waals surface area contributed by atoms with Gasteiger partial charge in [0.2, 0.25) is 0 Å². The van der Waals surface area contributed by atoms with Crippen molar-refractivity contribution in [3.8, 4) is 0 Å². The van der Waals surface area contributed by atoms with Crippen LogP contribution < -0.4 is 0 Å². The number of fused-ring (bicyclic) bond motifs is 2. The monoisotopic (exact) mass is 389 g/mol. The maximum absolute atomic E-state index is 13.1. The number of aliphatic hydroxyl groups excluding tert-OH is 1. The third-order valence-electron chi connectivity index (χ3n) is 4.32. The molecule has 1 N–H and O–H groups in total. The summed E-state index contributed by atoms with van der Waals surface area (Å²) >= 11 is 3.40. The molecule has 0 saturated carbocycles. The summed E-state index contributed by atoms with van der Waals surface area (Å²) in [6.45, 7) is 1.56. The molecule has 3 aromatic heterocycles. The number of carbonyl (C=O) groups excluding carboxylic acids is 1. The first-order chi connectivity index (χ1) is 11.7. The molecule has 4 rings (SSSR count). The number of carbonyl (C=O) groups is 1. The highest BCUT2D eigenvalue weighted by Gasteiger charge is 2.28. The first-order valence-electron chi connectivity index (χ1n) is 7.70. The van der Waals surface area contributed by atoms with Gasteiger partial charge in [-0.25, -0.2) is 9.97 Å². The summed E-state index contributed by atoms with van der Waals surface area (Å²) in [6.07, 6.45) is 5.46. The highest BCUT2D eigenvalue weighted by Crippen LogP contribution is 2.22. The lowest BCUT2D eigenvalue weighted by Gasteiger charge is -2.22. The fourth-order valence-corrected chi connectivity index (χ4v) is 3.61. The minimum atomic E-state index is -0.153. The van der Waals surface area contributed by atoms with Crippen LogP contribution in [0, 0.1) is 5.92 Å². The highest BCUT2D eigenvalue weighted by atomic mass is 79.9. The number of amides is 1. The maximum Gasteiger partial charge on any atom is 0.275 e. The van der Waals surface area contributed by atoms with Gasteiger partial charge in [0.15, 0.2) is 10.4 Å². The zero-order valence-corrected chi connectivity index (χ0v) is 14.4. The molecule has 0 bridgehead atoms. The Kier molecular flexibility index (Phi) is 3.85. The second-order valence-corrected chi connectivity index (χ2v) is 6.62. The summed E-state index contributed by atoms with van der Waals surface area (Å²) in [5.41, 5.74) is 1.15. The summed E-state index contributed by atoms with van der Waals surface area (Å²) in [7, 11) is 0. The second-order valence-electron chi connectivity index (χ2n) is 5.92. The lowest BCUT2D eigenvalue weighted by molar-refractivity contribution is 0.0690. The molecule has 0 radical (unpaired) electrons. The van der Waals surface area contributed by atoms with Gasteiger partial charge < -0.3 is 14.6 Å². The predicted molar refractivity (Wildman–Crippen MR) is 90.4 cm³/mol. The summed E-state index contributed by atoms with van der Waals surface area (Å²) in [4.78, 5) is 23.5. The van der Waals surface area contributed by atoms with Crippen LogP contribution >= 0.6 is 15.9 Å². The third kappa shape index (κ3) is 2.51. The molecule has 4 heterocycles. The van der Waals surface area contributed by atoms with Crippen LogP contribution in [-0.4, -0.2) is 48.0 Å². The van der Waals surface area contributed by atoms with Crippen molar-refractivity contribution in [3.05, 3.63) is 53.0 Å². The van der Waals surface area contributed by atoms with Crippen LogP contribution in [0.25, 0.3) is 5.52 Å². The molecule has 3 aromatic rings. The van der Waals surface area contributed by atoms with E-state index in [1.807, 2.05) is 39.6 Å². The Morgan fingerprint density at radius 1 is 1.33 bits per heavy atom. The van der Waals surface area contributed by atoms with Gasteiger partial charge >= 0.3 is 0 Å². The van der Waals surface area contributed by atoms with E-state index in [1.165, 1.54) is 0 Å². The molecule has 24 heavy (non-hydrogen) atoms. The average molecular weight is 390 g/mol. The Morgan fingerprint density at radius 2 is 2.21 bits per heavy atom. The molecule has 0 fully saturated rings. The lowest BCUT2D eigenvalue weighted by Crippen LogP contribution is -2.35. The average Bonchev–Trinajstić information content (AvgIpc) is 3.13. The smallest absolute Gasteiger partial charge is 0.275 e. The Bertz CT molecular complexity index is 903. The molecule has 1 aliphatic rings. The van der Waals surface area contributed by atoms with Gasteiger partial charge in [-0.05, 0) is 28.1 Å². The Hall–Kier alpha value is -2.19. The molecule has 0 spiro atoms. The van der Waals surface area contributed by atoms with E-state index in [9.17, 15) is 9.90 Å². The van der Waals surface area contributed by atoms with E-state index < -0.39 is 0 Å². The third-order valence-corrected chi connectivity index (χ3v) is 4.88. The maximum atomic E-state index is 13.1. The van der Waals surface area contributed by atoms with E-state index in [4.69, 9.17) is 0 Å². The number of aromatic nitrogens is 4. The molecule has 1 amide bonds.